The van der Waals surface area contributed by atoms with Gasteiger partial charge in [-0.25, -0.2) is 0 Å². The smallest absolute Gasteiger partial charge is 0.271 e. The van der Waals surface area contributed by atoms with Crippen molar-refractivity contribution in [2.24, 2.45) is 0 Å². The number of ether oxygens (including phenoxy) is 1. The van der Waals surface area contributed by atoms with Crippen molar-refractivity contribution in [2.45, 2.75) is 26.4 Å². The average molecular weight is 363 g/mol. The fraction of sp³-hybridized carbons (Fsp3) is 0.278. The topological polar surface area (TPSA) is 72.7 Å². The van der Waals surface area contributed by atoms with Gasteiger partial charge in [0.15, 0.2) is 6.61 Å². The number of amides is 1. The molecule has 7 heteroatoms. The fourth-order valence-corrected chi connectivity index (χ4v) is 2.51. The van der Waals surface area contributed by atoms with E-state index < -0.39 is 4.92 Å². The average Bonchev–Trinajstić information content (AvgIpc) is 2.58. The summed E-state index contributed by atoms with van der Waals surface area (Å²) >= 11 is 5.97. The van der Waals surface area contributed by atoms with Crippen LogP contribution >= 0.6 is 11.6 Å². The first-order valence-corrected chi connectivity index (χ1v) is 8.16. The van der Waals surface area contributed by atoms with Crippen molar-refractivity contribution in [2.75, 3.05) is 6.61 Å². The molecule has 132 valence electrons. The first-order chi connectivity index (χ1) is 11.9. The van der Waals surface area contributed by atoms with E-state index in [1.807, 2.05) is 44.2 Å². The molecule has 0 bridgehead atoms. The first kappa shape index (κ1) is 18.7. The van der Waals surface area contributed by atoms with Crippen LogP contribution < -0.4 is 4.74 Å². The third-order valence-electron chi connectivity index (χ3n) is 3.62. The van der Waals surface area contributed by atoms with Crippen molar-refractivity contribution in [3.63, 3.8) is 0 Å². The SMILES string of the molecule is CC(C)N(Cc1ccccc1)C(=O)COc1ccc([N+](=O)[O-])cc1Cl. The molecular weight excluding hydrogens is 344 g/mol. The molecule has 25 heavy (non-hydrogen) atoms. The lowest BCUT2D eigenvalue weighted by Crippen LogP contribution is -2.39. The van der Waals surface area contributed by atoms with E-state index in [2.05, 4.69) is 0 Å². The van der Waals surface area contributed by atoms with E-state index in [9.17, 15) is 14.9 Å². The Kier molecular flexibility index (Phi) is 6.36. The number of hydrogen-bond donors (Lipinski definition) is 0. The maximum absolute atomic E-state index is 12.5. The highest BCUT2D eigenvalue weighted by Gasteiger charge is 2.19. The summed E-state index contributed by atoms with van der Waals surface area (Å²) < 4.78 is 5.46. The quantitative estimate of drug-likeness (QED) is 0.550. The molecule has 0 aliphatic carbocycles. The minimum absolute atomic E-state index is 0.00337. The largest absolute Gasteiger partial charge is 0.482 e. The second kappa shape index (κ2) is 8.48. The molecule has 0 aliphatic rings. The monoisotopic (exact) mass is 362 g/mol. The van der Waals surface area contributed by atoms with Crippen LogP contribution in [0.1, 0.15) is 19.4 Å². The Hall–Kier alpha value is -2.60. The summed E-state index contributed by atoms with van der Waals surface area (Å²) in [6.45, 7) is 4.15. The van der Waals surface area contributed by atoms with Crippen molar-refractivity contribution >= 4 is 23.2 Å². The lowest BCUT2D eigenvalue weighted by atomic mass is 10.2. The molecule has 0 saturated heterocycles. The van der Waals surface area contributed by atoms with Crippen molar-refractivity contribution < 1.29 is 14.5 Å². The van der Waals surface area contributed by atoms with Gasteiger partial charge in [-0.15, -0.1) is 0 Å². The molecule has 0 heterocycles. The number of non-ortho nitro benzene ring substituents is 1. The number of nitro benzene ring substituents is 1. The summed E-state index contributed by atoms with van der Waals surface area (Å²) in [6.07, 6.45) is 0. The second-order valence-corrected chi connectivity index (χ2v) is 6.17. The Morgan fingerprint density at radius 2 is 1.92 bits per heavy atom. The lowest BCUT2D eigenvalue weighted by molar-refractivity contribution is -0.384. The van der Waals surface area contributed by atoms with E-state index in [0.717, 1.165) is 5.56 Å². The van der Waals surface area contributed by atoms with Crippen LogP contribution in [0, 0.1) is 10.1 Å². The number of carbonyl (C=O) groups excluding carboxylic acids is 1. The molecule has 0 aliphatic heterocycles. The molecule has 0 unspecified atom stereocenters. The molecule has 0 saturated carbocycles. The summed E-state index contributed by atoms with van der Waals surface area (Å²) in [4.78, 5) is 24.4. The summed E-state index contributed by atoms with van der Waals surface area (Å²) in [5.74, 6) is 0.0531. The number of rotatable bonds is 7. The van der Waals surface area contributed by atoms with Gasteiger partial charge in [-0.2, -0.15) is 0 Å². The molecule has 1 amide bonds. The highest BCUT2D eigenvalue weighted by atomic mass is 35.5. The van der Waals surface area contributed by atoms with E-state index in [-0.39, 0.29) is 35.0 Å². The van der Waals surface area contributed by atoms with Gasteiger partial charge < -0.3 is 9.64 Å². The van der Waals surface area contributed by atoms with Crippen molar-refractivity contribution in [1.29, 1.82) is 0 Å². The zero-order valence-corrected chi connectivity index (χ0v) is 14.8. The summed E-state index contributed by atoms with van der Waals surface area (Å²) in [5.41, 5.74) is 0.898. The van der Waals surface area contributed by atoms with Crippen molar-refractivity contribution in [3.8, 4) is 5.75 Å². The van der Waals surface area contributed by atoms with Crippen LogP contribution in [0.2, 0.25) is 5.02 Å². The van der Waals surface area contributed by atoms with Crippen LogP contribution in [-0.2, 0) is 11.3 Å². The molecule has 0 fully saturated rings. The Labute approximate surface area is 151 Å². The molecule has 0 N–H and O–H groups in total. The predicted molar refractivity (Wildman–Crippen MR) is 95.7 cm³/mol. The number of halogens is 1. The van der Waals surface area contributed by atoms with Crippen LogP contribution in [0.25, 0.3) is 0 Å². The summed E-state index contributed by atoms with van der Waals surface area (Å²) in [6, 6.07) is 13.6. The molecule has 0 atom stereocenters. The van der Waals surface area contributed by atoms with Crippen LogP contribution in [0.5, 0.6) is 5.75 Å². The third-order valence-corrected chi connectivity index (χ3v) is 3.91. The van der Waals surface area contributed by atoms with E-state index in [1.165, 1.54) is 18.2 Å². The number of carbonyl (C=O) groups is 1. The van der Waals surface area contributed by atoms with Gasteiger partial charge in [0.2, 0.25) is 0 Å². The van der Waals surface area contributed by atoms with Crippen molar-refractivity contribution in [3.05, 3.63) is 69.2 Å². The van der Waals surface area contributed by atoms with Gasteiger partial charge in [-0.3, -0.25) is 14.9 Å². The van der Waals surface area contributed by atoms with Crippen LogP contribution in [0.15, 0.2) is 48.5 Å². The second-order valence-electron chi connectivity index (χ2n) is 5.76. The highest BCUT2D eigenvalue weighted by Crippen LogP contribution is 2.28. The molecular formula is C18H19ClN2O4. The first-order valence-electron chi connectivity index (χ1n) is 7.78. The minimum atomic E-state index is -0.541. The van der Waals surface area contributed by atoms with E-state index >= 15 is 0 Å². The van der Waals surface area contributed by atoms with E-state index in [1.54, 1.807) is 4.90 Å². The fourth-order valence-electron chi connectivity index (χ4n) is 2.28. The summed E-state index contributed by atoms with van der Waals surface area (Å²) in [5, 5.41) is 10.8. The van der Waals surface area contributed by atoms with Crippen LogP contribution in [0.4, 0.5) is 5.69 Å². The number of nitrogens with zero attached hydrogens (tertiary/aromatic N) is 2. The van der Waals surface area contributed by atoms with Crippen LogP contribution in [0.3, 0.4) is 0 Å². The summed E-state index contributed by atoms with van der Waals surface area (Å²) in [7, 11) is 0. The number of benzene rings is 2. The Bertz CT molecular complexity index is 750. The Morgan fingerprint density at radius 1 is 1.24 bits per heavy atom. The van der Waals surface area contributed by atoms with Crippen LogP contribution in [-0.4, -0.2) is 28.4 Å². The zero-order chi connectivity index (χ0) is 18.4. The number of nitro groups is 1. The normalized spacial score (nSPS) is 10.6. The molecule has 0 aromatic heterocycles. The molecule has 6 nitrogen and oxygen atoms in total. The molecule has 2 aromatic carbocycles. The molecule has 2 aromatic rings. The zero-order valence-electron chi connectivity index (χ0n) is 14.0. The Morgan fingerprint density at radius 3 is 2.48 bits per heavy atom. The molecule has 2 rings (SSSR count). The van der Waals surface area contributed by atoms with Gasteiger partial charge in [0.1, 0.15) is 5.75 Å². The maximum atomic E-state index is 12.5. The van der Waals surface area contributed by atoms with E-state index in [4.69, 9.17) is 16.3 Å². The third kappa shape index (κ3) is 5.19. The standard InChI is InChI=1S/C18H19ClN2O4/c1-13(2)20(11-14-6-4-3-5-7-14)18(22)12-25-17-9-8-15(21(23)24)10-16(17)19/h3-10,13H,11-12H2,1-2H3. The predicted octanol–water partition coefficient (Wildman–Crippen LogP) is 4.06. The van der Waals surface area contributed by atoms with Crippen molar-refractivity contribution in [1.82, 2.24) is 4.90 Å². The van der Waals surface area contributed by atoms with Gasteiger partial charge in [0, 0.05) is 24.7 Å². The van der Waals surface area contributed by atoms with Gasteiger partial charge in [0.25, 0.3) is 11.6 Å². The van der Waals surface area contributed by atoms with E-state index in [0.29, 0.717) is 6.54 Å². The molecule has 0 spiro atoms. The van der Waals surface area contributed by atoms with Gasteiger partial charge in [-0.1, -0.05) is 41.9 Å². The minimum Gasteiger partial charge on any atom is -0.482 e. The lowest BCUT2D eigenvalue weighted by Gasteiger charge is -2.27. The number of hydrogen-bond acceptors (Lipinski definition) is 4. The van der Waals surface area contributed by atoms with Gasteiger partial charge in [-0.05, 0) is 25.5 Å². The van der Waals surface area contributed by atoms with Gasteiger partial charge in [0.05, 0.1) is 9.95 Å². The van der Waals surface area contributed by atoms with Gasteiger partial charge >= 0.3 is 0 Å². The Balaban J connectivity index is 2.03. The maximum Gasteiger partial charge on any atom is 0.271 e. The molecule has 0 radical (unpaired) electrons. The highest BCUT2D eigenvalue weighted by molar-refractivity contribution is 6.32.